The Morgan fingerprint density at radius 1 is 0.976 bits per heavy atom. The Morgan fingerprint density at radius 3 is 2.40 bits per heavy atom. The van der Waals surface area contributed by atoms with E-state index in [1.807, 2.05) is 59.7 Å². The van der Waals surface area contributed by atoms with E-state index in [-0.39, 0.29) is 42.7 Å². The number of hydrogen-bond donors (Lipinski definition) is 3. The Bertz CT molecular complexity index is 1440. The number of thiophene rings is 1. The van der Waals surface area contributed by atoms with E-state index in [2.05, 4.69) is 22.5 Å². The van der Waals surface area contributed by atoms with E-state index in [4.69, 9.17) is 0 Å². The van der Waals surface area contributed by atoms with Crippen LogP contribution in [0.2, 0.25) is 0 Å². The standard InChI is InChI=1S/C32H36N4O5S/c1-20-19-36(32(41)23-10-11-23)21(2)18-35(20)27-13-12-24(16-25(27)33-29(37)15-22-7-4-3-5-8-22)31(40)34-26(17-30(38)39)28-9-6-14-42-28/h3-9,12-14,16,20-21,23,26H,10-11,15,17-19H2,1-2H3,(H,33,37)(H,34,40)(H,38,39). The molecule has 1 saturated carbocycles. The Hall–Kier alpha value is -4.18. The number of benzene rings is 2. The molecule has 1 aliphatic carbocycles. The highest BCUT2D eigenvalue weighted by atomic mass is 32.1. The van der Waals surface area contributed by atoms with Crippen molar-refractivity contribution in [2.45, 2.75) is 57.7 Å². The van der Waals surface area contributed by atoms with E-state index in [9.17, 15) is 24.3 Å². The van der Waals surface area contributed by atoms with Crippen LogP contribution in [0.25, 0.3) is 0 Å². The first-order valence-corrected chi connectivity index (χ1v) is 15.2. The largest absolute Gasteiger partial charge is 0.481 e. The molecule has 3 amide bonds. The average Bonchev–Trinajstić information content (AvgIpc) is 3.67. The highest BCUT2D eigenvalue weighted by Gasteiger charge is 2.39. The minimum atomic E-state index is -1.01. The molecule has 5 rings (SSSR count). The number of carbonyl (C=O) groups excluding carboxylic acids is 3. The normalized spacial score (nSPS) is 19.2. The van der Waals surface area contributed by atoms with E-state index in [1.165, 1.54) is 11.3 Å². The molecule has 2 aliphatic rings. The van der Waals surface area contributed by atoms with Gasteiger partial charge >= 0.3 is 5.97 Å². The molecule has 2 heterocycles. The summed E-state index contributed by atoms with van der Waals surface area (Å²) in [6.45, 7) is 5.27. The third kappa shape index (κ3) is 6.99. The number of piperazine rings is 1. The molecule has 0 bridgehead atoms. The number of hydrogen-bond acceptors (Lipinski definition) is 6. The van der Waals surface area contributed by atoms with Crippen LogP contribution in [0.3, 0.4) is 0 Å². The van der Waals surface area contributed by atoms with Crippen LogP contribution in [-0.2, 0) is 20.8 Å². The predicted molar refractivity (Wildman–Crippen MR) is 163 cm³/mol. The topological polar surface area (TPSA) is 119 Å². The van der Waals surface area contributed by atoms with Crippen molar-refractivity contribution in [2.75, 3.05) is 23.3 Å². The minimum absolute atomic E-state index is 0.00674. The number of aliphatic carboxylic acids is 1. The lowest BCUT2D eigenvalue weighted by atomic mass is 10.0. The summed E-state index contributed by atoms with van der Waals surface area (Å²) >= 11 is 1.38. The number of amides is 3. The monoisotopic (exact) mass is 588 g/mol. The molecule has 3 unspecified atom stereocenters. The molecule has 3 atom stereocenters. The maximum absolute atomic E-state index is 13.4. The molecule has 9 nitrogen and oxygen atoms in total. The summed E-state index contributed by atoms with van der Waals surface area (Å²) in [5, 5.41) is 17.1. The fourth-order valence-electron chi connectivity index (χ4n) is 5.47. The van der Waals surface area contributed by atoms with E-state index < -0.39 is 17.9 Å². The van der Waals surface area contributed by atoms with Gasteiger partial charge in [0.15, 0.2) is 0 Å². The SMILES string of the molecule is CC1CN(c2ccc(C(=O)NC(CC(=O)O)c3cccs3)cc2NC(=O)Cc2ccccc2)C(C)CN1C(=O)C1CC1. The van der Waals surface area contributed by atoms with Crippen molar-refractivity contribution in [2.24, 2.45) is 5.92 Å². The van der Waals surface area contributed by atoms with Crippen LogP contribution in [0.5, 0.6) is 0 Å². The van der Waals surface area contributed by atoms with Gasteiger partial charge in [-0.3, -0.25) is 19.2 Å². The molecule has 42 heavy (non-hydrogen) atoms. The minimum Gasteiger partial charge on any atom is -0.481 e. The van der Waals surface area contributed by atoms with Gasteiger partial charge in [-0.05, 0) is 61.9 Å². The first-order chi connectivity index (χ1) is 20.2. The van der Waals surface area contributed by atoms with Crippen LogP contribution in [0, 0.1) is 5.92 Å². The maximum atomic E-state index is 13.4. The van der Waals surface area contributed by atoms with Gasteiger partial charge in [0.2, 0.25) is 11.8 Å². The van der Waals surface area contributed by atoms with Gasteiger partial charge in [0.25, 0.3) is 5.91 Å². The van der Waals surface area contributed by atoms with Gasteiger partial charge in [0, 0.05) is 41.5 Å². The number of nitrogens with zero attached hydrogens (tertiary/aromatic N) is 2. The van der Waals surface area contributed by atoms with Crippen LogP contribution >= 0.6 is 11.3 Å². The zero-order chi connectivity index (χ0) is 29.8. The lowest BCUT2D eigenvalue weighted by Crippen LogP contribution is -2.58. The second kappa shape index (κ2) is 12.8. The molecule has 10 heteroatoms. The van der Waals surface area contributed by atoms with Crippen molar-refractivity contribution in [1.82, 2.24) is 10.2 Å². The van der Waals surface area contributed by atoms with E-state index in [1.54, 1.807) is 18.2 Å². The van der Waals surface area contributed by atoms with Gasteiger partial charge < -0.3 is 25.5 Å². The van der Waals surface area contributed by atoms with Gasteiger partial charge in [0.1, 0.15) is 0 Å². The van der Waals surface area contributed by atoms with Gasteiger partial charge in [-0.2, -0.15) is 0 Å². The average molecular weight is 589 g/mol. The summed E-state index contributed by atoms with van der Waals surface area (Å²) in [6, 6.07) is 17.5. The zero-order valence-electron chi connectivity index (χ0n) is 23.8. The Kier molecular flexibility index (Phi) is 8.91. The number of anilines is 2. The smallest absolute Gasteiger partial charge is 0.305 e. The van der Waals surface area contributed by atoms with Crippen LogP contribution in [0.15, 0.2) is 66.0 Å². The summed E-state index contributed by atoms with van der Waals surface area (Å²) in [7, 11) is 0. The molecule has 0 radical (unpaired) electrons. The summed E-state index contributed by atoms with van der Waals surface area (Å²) in [5.41, 5.74) is 2.44. The Labute approximate surface area is 249 Å². The third-order valence-corrected chi connectivity index (χ3v) is 8.80. The second-order valence-corrected chi connectivity index (χ2v) is 12.2. The molecule has 3 aromatic rings. The van der Waals surface area contributed by atoms with Crippen molar-refractivity contribution in [1.29, 1.82) is 0 Å². The lowest BCUT2D eigenvalue weighted by Gasteiger charge is -2.46. The third-order valence-electron chi connectivity index (χ3n) is 7.82. The lowest BCUT2D eigenvalue weighted by molar-refractivity contribution is -0.137. The molecule has 0 spiro atoms. The van der Waals surface area contributed by atoms with Crippen molar-refractivity contribution in [3.05, 3.63) is 82.0 Å². The second-order valence-electron chi connectivity index (χ2n) is 11.2. The molecule has 1 aliphatic heterocycles. The molecule has 2 aromatic carbocycles. The van der Waals surface area contributed by atoms with Crippen LogP contribution < -0.4 is 15.5 Å². The van der Waals surface area contributed by atoms with Crippen molar-refractivity contribution in [3.8, 4) is 0 Å². The summed E-state index contributed by atoms with van der Waals surface area (Å²) in [4.78, 5) is 55.8. The molecule has 1 aromatic heterocycles. The van der Waals surface area contributed by atoms with Crippen molar-refractivity contribution < 1.29 is 24.3 Å². The van der Waals surface area contributed by atoms with Crippen molar-refractivity contribution in [3.63, 3.8) is 0 Å². The van der Waals surface area contributed by atoms with Crippen LogP contribution in [0.1, 0.15) is 60.0 Å². The number of carboxylic acid groups (broad SMARTS) is 1. The Balaban J connectivity index is 1.41. The first kappa shape index (κ1) is 29.3. The molecule has 3 N–H and O–H groups in total. The van der Waals surface area contributed by atoms with E-state index in [0.29, 0.717) is 24.3 Å². The van der Waals surface area contributed by atoms with E-state index >= 15 is 0 Å². The first-order valence-electron chi connectivity index (χ1n) is 14.3. The maximum Gasteiger partial charge on any atom is 0.305 e. The number of rotatable bonds is 10. The highest BCUT2D eigenvalue weighted by molar-refractivity contribution is 7.10. The number of nitrogens with one attached hydrogen (secondary N) is 2. The van der Waals surface area contributed by atoms with Crippen LogP contribution in [0.4, 0.5) is 11.4 Å². The van der Waals surface area contributed by atoms with E-state index in [0.717, 1.165) is 29.0 Å². The molecular weight excluding hydrogens is 552 g/mol. The van der Waals surface area contributed by atoms with Gasteiger partial charge in [0.05, 0.1) is 30.3 Å². The van der Waals surface area contributed by atoms with Crippen LogP contribution in [-0.4, -0.2) is 58.9 Å². The number of carboxylic acids is 1. The molecule has 2 fully saturated rings. The van der Waals surface area contributed by atoms with Crippen molar-refractivity contribution >= 4 is 46.4 Å². The highest BCUT2D eigenvalue weighted by Crippen LogP contribution is 2.36. The summed E-state index contributed by atoms with van der Waals surface area (Å²) in [6.07, 6.45) is 1.85. The molecular formula is C32H36N4O5S. The van der Waals surface area contributed by atoms with Gasteiger partial charge in [-0.1, -0.05) is 36.4 Å². The van der Waals surface area contributed by atoms with Gasteiger partial charge in [-0.15, -0.1) is 11.3 Å². The quantitative estimate of drug-likeness (QED) is 0.316. The molecule has 1 saturated heterocycles. The fraction of sp³-hybridized carbons (Fsp3) is 0.375. The predicted octanol–water partition coefficient (Wildman–Crippen LogP) is 4.71. The zero-order valence-corrected chi connectivity index (χ0v) is 24.6. The summed E-state index contributed by atoms with van der Waals surface area (Å²) in [5.74, 6) is -1.29. The van der Waals surface area contributed by atoms with Gasteiger partial charge in [-0.25, -0.2) is 0 Å². The fourth-order valence-corrected chi connectivity index (χ4v) is 6.24. The number of carbonyl (C=O) groups is 4. The molecule has 220 valence electrons. The summed E-state index contributed by atoms with van der Waals surface area (Å²) < 4.78 is 0. The Morgan fingerprint density at radius 2 is 1.74 bits per heavy atom.